The first-order valence-corrected chi connectivity index (χ1v) is 7.21. The molecule has 0 saturated heterocycles. The van der Waals surface area contributed by atoms with E-state index in [-0.39, 0.29) is 0 Å². The lowest BCUT2D eigenvalue weighted by molar-refractivity contribution is 0.985. The van der Waals surface area contributed by atoms with Crippen LogP contribution in [0.2, 0.25) is 0 Å². The van der Waals surface area contributed by atoms with Gasteiger partial charge in [-0.25, -0.2) is 4.98 Å². The van der Waals surface area contributed by atoms with Gasteiger partial charge in [-0.1, -0.05) is 32.4 Å². The Labute approximate surface area is 117 Å². The standard InChI is InChI=1S/C17H26N2/c1-6-9-14(5)15-10-11-17(18-12-15)19-16(8-3)13(4)7-2/h9-12H,6-8H2,1-5H3,(H,18,19)/b14-9+,16-13+. The van der Waals surface area contributed by atoms with Crippen molar-refractivity contribution in [3.8, 4) is 0 Å². The summed E-state index contributed by atoms with van der Waals surface area (Å²) in [5.74, 6) is 0.928. The lowest BCUT2D eigenvalue weighted by atomic mass is 10.1. The maximum atomic E-state index is 4.50. The average molecular weight is 258 g/mol. The van der Waals surface area contributed by atoms with Crippen LogP contribution in [0.15, 0.2) is 35.7 Å². The van der Waals surface area contributed by atoms with Crippen LogP contribution in [0.5, 0.6) is 0 Å². The number of hydrogen-bond donors (Lipinski definition) is 1. The SMILES string of the molecule is CC/C=C(\C)c1ccc(N/C(CC)=C(\C)CC)nc1. The van der Waals surface area contributed by atoms with Gasteiger partial charge in [0.25, 0.3) is 0 Å². The highest BCUT2D eigenvalue weighted by atomic mass is 15.0. The lowest BCUT2D eigenvalue weighted by Crippen LogP contribution is -2.03. The van der Waals surface area contributed by atoms with E-state index < -0.39 is 0 Å². The molecule has 0 bridgehead atoms. The van der Waals surface area contributed by atoms with Crippen LogP contribution in [-0.4, -0.2) is 4.98 Å². The lowest BCUT2D eigenvalue weighted by Gasteiger charge is -2.12. The Morgan fingerprint density at radius 1 is 1.16 bits per heavy atom. The van der Waals surface area contributed by atoms with Gasteiger partial charge in [-0.3, -0.25) is 0 Å². The first kappa shape index (κ1) is 15.5. The summed E-state index contributed by atoms with van der Waals surface area (Å²) >= 11 is 0. The first-order chi connectivity index (χ1) is 9.12. The molecule has 0 amide bonds. The third-order valence-electron chi connectivity index (χ3n) is 3.41. The summed E-state index contributed by atoms with van der Waals surface area (Å²) in [5, 5.41) is 3.43. The van der Waals surface area contributed by atoms with Gasteiger partial charge in [-0.15, -0.1) is 0 Å². The molecule has 0 aliphatic rings. The maximum Gasteiger partial charge on any atom is 0.130 e. The maximum absolute atomic E-state index is 4.50. The molecule has 1 aromatic rings. The fraction of sp³-hybridized carbons (Fsp3) is 0.471. The Balaban J connectivity index is 2.85. The molecular formula is C17H26N2. The molecule has 2 nitrogen and oxygen atoms in total. The fourth-order valence-corrected chi connectivity index (χ4v) is 1.99. The summed E-state index contributed by atoms with van der Waals surface area (Å²) in [4.78, 5) is 4.50. The van der Waals surface area contributed by atoms with Crippen LogP contribution < -0.4 is 5.32 Å². The minimum atomic E-state index is 0.928. The highest BCUT2D eigenvalue weighted by molar-refractivity contribution is 5.64. The second kappa shape index (κ2) is 7.78. The number of hydrogen-bond acceptors (Lipinski definition) is 2. The minimum absolute atomic E-state index is 0.928. The van der Waals surface area contributed by atoms with Gasteiger partial charge in [0.2, 0.25) is 0 Å². The average Bonchev–Trinajstić information content (AvgIpc) is 2.44. The molecule has 1 N–H and O–H groups in total. The number of nitrogens with zero attached hydrogens (tertiary/aromatic N) is 1. The van der Waals surface area contributed by atoms with Crippen LogP contribution >= 0.6 is 0 Å². The molecule has 1 rings (SSSR count). The van der Waals surface area contributed by atoms with E-state index in [9.17, 15) is 0 Å². The number of pyridine rings is 1. The van der Waals surface area contributed by atoms with Gasteiger partial charge in [-0.05, 0) is 56.4 Å². The number of nitrogens with one attached hydrogen (secondary N) is 1. The van der Waals surface area contributed by atoms with Gasteiger partial charge in [0, 0.05) is 11.9 Å². The van der Waals surface area contributed by atoms with Crippen LogP contribution in [0.3, 0.4) is 0 Å². The third-order valence-corrected chi connectivity index (χ3v) is 3.41. The highest BCUT2D eigenvalue weighted by Crippen LogP contribution is 2.18. The van der Waals surface area contributed by atoms with Crippen molar-refractivity contribution in [2.45, 2.75) is 53.9 Å². The molecule has 1 heterocycles. The molecule has 19 heavy (non-hydrogen) atoms. The number of aromatic nitrogens is 1. The second-order valence-corrected chi connectivity index (χ2v) is 4.82. The zero-order valence-electron chi connectivity index (χ0n) is 12.9. The topological polar surface area (TPSA) is 24.9 Å². The Kier molecular flexibility index (Phi) is 6.34. The quantitative estimate of drug-likeness (QED) is 0.739. The van der Waals surface area contributed by atoms with Gasteiger partial charge in [-0.2, -0.15) is 0 Å². The largest absolute Gasteiger partial charge is 0.344 e. The van der Waals surface area contributed by atoms with Crippen molar-refractivity contribution in [3.63, 3.8) is 0 Å². The summed E-state index contributed by atoms with van der Waals surface area (Å²) in [5.41, 5.74) is 5.16. The van der Waals surface area contributed by atoms with Crippen LogP contribution in [0.1, 0.15) is 59.4 Å². The predicted molar refractivity (Wildman–Crippen MR) is 85.1 cm³/mol. The summed E-state index contributed by atoms with van der Waals surface area (Å²) in [6.45, 7) is 10.8. The van der Waals surface area contributed by atoms with Crippen molar-refractivity contribution < 1.29 is 0 Å². The Bertz CT molecular complexity index is 453. The summed E-state index contributed by atoms with van der Waals surface area (Å²) < 4.78 is 0. The Hall–Kier alpha value is -1.57. The van der Waals surface area contributed by atoms with Crippen molar-refractivity contribution in [3.05, 3.63) is 41.2 Å². The molecule has 0 fully saturated rings. The number of rotatable bonds is 6. The molecule has 104 valence electrons. The summed E-state index contributed by atoms with van der Waals surface area (Å²) in [7, 11) is 0. The van der Waals surface area contributed by atoms with E-state index in [1.165, 1.54) is 22.4 Å². The van der Waals surface area contributed by atoms with E-state index in [2.05, 4.69) is 63.1 Å². The van der Waals surface area contributed by atoms with Gasteiger partial charge in [0.1, 0.15) is 5.82 Å². The molecule has 0 unspecified atom stereocenters. The van der Waals surface area contributed by atoms with Gasteiger partial charge >= 0.3 is 0 Å². The van der Waals surface area contributed by atoms with Gasteiger partial charge in [0.05, 0.1) is 0 Å². The van der Waals surface area contributed by atoms with E-state index in [1.807, 2.05) is 6.20 Å². The van der Waals surface area contributed by atoms with Gasteiger partial charge < -0.3 is 5.32 Å². The molecule has 0 aliphatic heterocycles. The van der Waals surface area contributed by atoms with Crippen molar-refractivity contribution in [1.82, 2.24) is 4.98 Å². The molecule has 0 aromatic carbocycles. The van der Waals surface area contributed by atoms with E-state index in [1.54, 1.807) is 0 Å². The normalized spacial score (nSPS) is 13.2. The van der Waals surface area contributed by atoms with E-state index in [4.69, 9.17) is 0 Å². The van der Waals surface area contributed by atoms with Gasteiger partial charge in [0.15, 0.2) is 0 Å². The minimum Gasteiger partial charge on any atom is -0.344 e. The number of anilines is 1. The van der Waals surface area contributed by atoms with E-state index in [0.29, 0.717) is 0 Å². The zero-order valence-corrected chi connectivity index (χ0v) is 12.9. The number of allylic oxidation sites excluding steroid dienone is 4. The van der Waals surface area contributed by atoms with Crippen LogP contribution in [0, 0.1) is 0 Å². The van der Waals surface area contributed by atoms with Crippen molar-refractivity contribution in [2.75, 3.05) is 5.32 Å². The molecule has 0 atom stereocenters. The van der Waals surface area contributed by atoms with Crippen LogP contribution in [0.4, 0.5) is 5.82 Å². The molecule has 0 spiro atoms. The highest BCUT2D eigenvalue weighted by Gasteiger charge is 2.02. The molecule has 0 aliphatic carbocycles. The molecular weight excluding hydrogens is 232 g/mol. The van der Waals surface area contributed by atoms with E-state index >= 15 is 0 Å². The van der Waals surface area contributed by atoms with Crippen molar-refractivity contribution >= 4 is 11.4 Å². The molecule has 0 saturated carbocycles. The third kappa shape index (κ3) is 4.55. The Morgan fingerprint density at radius 3 is 2.37 bits per heavy atom. The molecule has 2 heteroatoms. The summed E-state index contributed by atoms with van der Waals surface area (Å²) in [6, 6.07) is 4.19. The second-order valence-electron chi connectivity index (χ2n) is 4.82. The smallest absolute Gasteiger partial charge is 0.130 e. The van der Waals surface area contributed by atoms with Crippen molar-refractivity contribution in [2.24, 2.45) is 0 Å². The van der Waals surface area contributed by atoms with Crippen LogP contribution in [0.25, 0.3) is 5.57 Å². The molecule has 1 aromatic heterocycles. The van der Waals surface area contributed by atoms with Crippen molar-refractivity contribution in [1.29, 1.82) is 0 Å². The van der Waals surface area contributed by atoms with Crippen LogP contribution in [-0.2, 0) is 0 Å². The van der Waals surface area contributed by atoms with E-state index in [0.717, 1.165) is 25.1 Å². The monoisotopic (exact) mass is 258 g/mol. The predicted octanol–water partition coefficient (Wildman–Crippen LogP) is 5.40. The first-order valence-electron chi connectivity index (χ1n) is 7.21. The summed E-state index contributed by atoms with van der Waals surface area (Å²) in [6.07, 6.45) is 7.32. The fourth-order valence-electron chi connectivity index (χ4n) is 1.99. The molecule has 0 radical (unpaired) electrons. The zero-order chi connectivity index (χ0) is 14.3. The Morgan fingerprint density at radius 2 is 1.89 bits per heavy atom.